The zero-order chi connectivity index (χ0) is 23.5. The van der Waals surface area contributed by atoms with Crippen molar-refractivity contribution in [3.05, 3.63) is 99.7 Å². The number of carbonyl (C=O) groups is 2. The Hall–Kier alpha value is -1.44. The summed E-state index contributed by atoms with van der Waals surface area (Å²) in [7, 11) is 0. The Kier molecular flexibility index (Phi) is 8.13. The standard InChI is InChI=1S/C24H15BrFI2NO3S/c25-17-7-5-14(6-8-17)12-29-23(30)21(33-24(29)31)11-15-9-19(27)22(20(28)10-15)32-13-16-3-1-2-4-18(16)26/h1-11H,12-13H2/b21-11-. The highest BCUT2D eigenvalue weighted by molar-refractivity contribution is 14.1. The van der Waals surface area contributed by atoms with E-state index >= 15 is 0 Å². The van der Waals surface area contributed by atoms with E-state index in [0.29, 0.717) is 16.2 Å². The number of hydrogen-bond donors (Lipinski definition) is 0. The summed E-state index contributed by atoms with van der Waals surface area (Å²) in [4.78, 5) is 26.9. The highest BCUT2D eigenvalue weighted by Crippen LogP contribution is 2.36. The minimum absolute atomic E-state index is 0.118. The third kappa shape index (κ3) is 5.98. The molecule has 3 aromatic carbocycles. The van der Waals surface area contributed by atoms with Crippen molar-refractivity contribution in [2.75, 3.05) is 0 Å². The molecule has 0 bridgehead atoms. The van der Waals surface area contributed by atoms with Gasteiger partial charge in [-0.3, -0.25) is 14.5 Å². The van der Waals surface area contributed by atoms with Gasteiger partial charge in [-0.1, -0.05) is 46.3 Å². The molecule has 4 nitrogen and oxygen atoms in total. The SMILES string of the molecule is O=C1S/C(=C\c2cc(I)c(OCc3ccccc3F)c(I)c2)C(=O)N1Cc1ccc(Br)cc1. The Balaban J connectivity index is 1.50. The maximum atomic E-state index is 13.9. The number of imide groups is 1. The second-order valence-corrected chi connectivity index (χ2v) is 11.3. The molecule has 0 aromatic heterocycles. The predicted molar refractivity (Wildman–Crippen MR) is 148 cm³/mol. The zero-order valence-electron chi connectivity index (χ0n) is 16.9. The number of nitrogens with zero attached hydrogens (tertiary/aromatic N) is 1. The minimum atomic E-state index is -0.308. The fourth-order valence-corrected chi connectivity index (χ4v) is 6.36. The molecule has 9 heteroatoms. The van der Waals surface area contributed by atoms with Crippen LogP contribution in [0.3, 0.4) is 0 Å². The van der Waals surface area contributed by atoms with Crippen LogP contribution in [0.4, 0.5) is 9.18 Å². The Labute approximate surface area is 230 Å². The molecule has 168 valence electrons. The molecule has 33 heavy (non-hydrogen) atoms. The number of rotatable bonds is 6. The molecule has 0 unspecified atom stereocenters. The second kappa shape index (κ2) is 10.9. The molecule has 4 rings (SSSR count). The molecule has 0 spiro atoms. The van der Waals surface area contributed by atoms with Crippen molar-refractivity contribution in [2.45, 2.75) is 13.2 Å². The van der Waals surface area contributed by atoms with Crippen molar-refractivity contribution >= 4 is 90.1 Å². The van der Waals surface area contributed by atoms with Gasteiger partial charge in [0.25, 0.3) is 11.1 Å². The van der Waals surface area contributed by atoms with Crippen LogP contribution in [-0.2, 0) is 17.9 Å². The maximum absolute atomic E-state index is 13.9. The van der Waals surface area contributed by atoms with Crippen LogP contribution in [0.25, 0.3) is 6.08 Å². The van der Waals surface area contributed by atoms with Crippen LogP contribution in [0.1, 0.15) is 16.7 Å². The van der Waals surface area contributed by atoms with E-state index in [4.69, 9.17) is 4.74 Å². The number of thioether (sulfide) groups is 1. The zero-order valence-corrected chi connectivity index (χ0v) is 23.6. The van der Waals surface area contributed by atoms with Crippen LogP contribution < -0.4 is 4.74 Å². The molecule has 0 atom stereocenters. The van der Waals surface area contributed by atoms with Gasteiger partial charge in [-0.15, -0.1) is 0 Å². The molecule has 1 heterocycles. The quantitative estimate of drug-likeness (QED) is 0.192. The van der Waals surface area contributed by atoms with E-state index in [1.165, 1.54) is 11.0 Å². The Morgan fingerprint density at radius 3 is 2.36 bits per heavy atom. The molecule has 0 aliphatic carbocycles. The maximum Gasteiger partial charge on any atom is 0.293 e. The monoisotopic (exact) mass is 749 g/mol. The van der Waals surface area contributed by atoms with Gasteiger partial charge in [-0.25, -0.2) is 4.39 Å². The van der Waals surface area contributed by atoms with E-state index in [-0.39, 0.29) is 30.1 Å². The van der Waals surface area contributed by atoms with Gasteiger partial charge < -0.3 is 4.74 Å². The summed E-state index contributed by atoms with van der Waals surface area (Å²) in [5.74, 6) is 0.0377. The van der Waals surface area contributed by atoms with Crippen molar-refractivity contribution in [2.24, 2.45) is 0 Å². The first-order chi connectivity index (χ1) is 15.8. The number of benzene rings is 3. The lowest BCUT2D eigenvalue weighted by molar-refractivity contribution is -0.123. The van der Waals surface area contributed by atoms with E-state index in [9.17, 15) is 14.0 Å². The van der Waals surface area contributed by atoms with Gasteiger partial charge in [0.05, 0.1) is 18.6 Å². The van der Waals surface area contributed by atoms with Crippen LogP contribution in [0.5, 0.6) is 5.75 Å². The first-order valence-electron chi connectivity index (χ1n) is 9.67. The highest BCUT2D eigenvalue weighted by Gasteiger charge is 2.35. The van der Waals surface area contributed by atoms with Crippen molar-refractivity contribution in [1.82, 2.24) is 4.90 Å². The molecule has 0 radical (unpaired) electrons. The van der Waals surface area contributed by atoms with Crippen molar-refractivity contribution < 1.29 is 18.7 Å². The van der Waals surface area contributed by atoms with Gasteiger partial charge in [0.1, 0.15) is 18.2 Å². The summed E-state index contributed by atoms with van der Waals surface area (Å²) in [5.41, 5.74) is 2.14. The van der Waals surface area contributed by atoms with Crippen molar-refractivity contribution in [3.8, 4) is 5.75 Å². The lowest BCUT2D eigenvalue weighted by atomic mass is 10.2. The summed E-state index contributed by atoms with van der Waals surface area (Å²) in [6, 6.07) is 17.8. The van der Waals surface area contributed by atoms with Gasteiger partial charge >= 0.3 is 0 Å². The van der Waals surface area contributed by atoms with Crippen LogP contribution >= 0.6 is 72.9 Å². The van der Waals surface area contributed by atoms with E-state index < -0.39 is 0 Å². The number of hydrogen-bond acceptors (Lipinski definition) is 4. The average Bonchev–Trinajstić information content (AvgIpc) is 3.03. The molecular weight excluding hydrogens is 735 g/mol. The normalized spacial score (nSPS) is 14.9. The van der Waals surface area contributed by atoms with Crippen molar-refractivity contribution in [3.63, 3.8) is 0 Å². The fourth-order valence-electron chi connectivity index (χ4n) is 3.13. The van der Waals surface area contributed by atoms with Gasteiger partial charge in [-0.2, -0.15) is 0 Å². The van der Waals surface area contributed by atoms with Gasteiger partial charge in [0, 0.05) is 10.0 Å². The molecule has 2 amide bonds. The van der Waals surface area contributed by atoms with Crippen molar-refractivity contribution in [1.29, 1.82) is 0 Å². The summed E-state index contributed by atoms with van der Waals surface area (Å²) in [6.45, 7) is 0.347. The number of carbonyl (C=O) groups excluding carboxylic acids is 2. The first kappa shape index (κ1) is 24.7. The van der Waals surface area contributed by atoms with Crippen LogP contribution in [-0.4, -0.2) is 16.0 Å². The van der Waals surface area contributed by atoms with Crippen LogP contribution in [0, 0.1) is 13.0 Å². The minimum Gasteiger partial charge on any atom is -0.487 e. The summed E-state index contributed by atoms with van der Waals surface area (Å²) in [6.07, 6.45) is 1.72. The third-order valence-corrected chi connectivity index (χ3v) is 7.81. The predicted octanol–water partition coefficient (Wildman–Crippen LogP) is 7.61. The van der Waals surface area contributed by atoms with Crippen LogP contribution in [0.2, 0.25) is 0 Å². The number of halogens is 4. The number of ether oxygens (including phenoxy) is 1. The van der Waals surface area contributed by atoms with E-state index in [1.54, 1.807) is 24.3 Å². The van der Waals surface area contributed by atoms with Gasteiger partial charge in [0.2, 0.25) is 0 Å². The Bertz CT molecular complexity index is 1240. The average molecular weight is 750 g/mol. The fraction of sp³-hybridized carbons (Fsp3) is 0.0833. The first-order valence-corrected chi connectivity index (χ1v) is 13.4. The molecule has 0 saturated carbocycles. The molecule has 1 fully saturated rings. The Morgan fingerprint density at radius 2 is 1.70 bits per heavy atom. The largest absolute Gasteiger partial charge is 0.487 e. The lowest BCUT2D eigenvalue weighted by Crippen LogP contribution is -2.27. The summed E-state index contributed by atoms with van der Waals surface area (Å²) in [5, 5.41) is -0.289. The van der Waals surface area contributed by atoms with E-state index in [1.807, 2.05) is 36.4 Å². The third-order valence-electron chi connectivity index (χ3n) is 4.78. The highest BCUT2D eigenvalue weighted by atomic mass is 127. The van der Waals surface area contributed by atoms with Gasteiger partial charge in [-0.05, 0) is 104 Å². The van der Waals surface area contributed by atoms with E-state index in [0.717, 1.165) is 34.5 Å². The van der Waals surface area contributed by atoms with Crippen LogP contribution in [0.15, 0.2) is 70.0 Å². The smallest absolute Gasteiger partial charge is 0.293 e. The molecule has 3 aromatic rings. The molecule has 1 aliphatic heterocycles. The van der Waals surface area contributed by atoms with Gasteiger partial charge in [0.15, 0.2) is 0 Å². The molecule has 1 aliphatic rings. The molecule has 0 N–H and O–H groups in total. The van der Waals surface area contributed by atoms with E-state index in [2.05, 4.69) is 61.1 Å². The topological polar surface area (TPSA) is 46.6 Å². The lowest BCUT2D eigenvalue weighted by Gasteiger charge is -2.13. The molecule has 1 saturated heterocycles. The second-order valence-electron chi connectivity index (χ2n) is 7.09. The summed E-state index contributed by atoms with van der Waals surface area (Å²) < 4.78 is 22.4. The summed E-state index contributed by atoms with van der Waals surface area (Å²) >= 11 is 8.63. The number of amides is 2. The molecular formula is C24H15BrFI2NO3S. The Morgan fingerprint density at radius 1 is 1.03 bits per heavy atom.